The molecule has 3 heteroatoms. The maximum atomic E-state index is 5.59. The van der Waals surface area contributed by atoms with Gasteiger partial charge in [-0.1, -0.05) is 26.7 Å². The van der Waals surface area contributed by atoms with E-state index in [1.807, 2.05) is 0 Å². The van der Waals surface area contributed by atoms with E-state index >= 15 is 0 Å². The minimum atomic E-state index is 0.625. The van der Waals surface area contributed by atoms with Crippen molar-refractivity contribution >= 4 is 0 Å². The second-order valence-electron chi connectivity index (χ2n) is 6.19. The van der Waals surface area contributed by atoms with Crippen LogP contribution in [0, 0.1) is 5.92 Å². The number of ether oxygens (including phenoxy) is 1. The highest BCUT2D eigenvalue weighted by molar-refractivity contribution is 4.85. The Hall–Kier alpha value is -0.120. The van der Waals surface area contributed by atoms with Crippen LogP contribution in [0.2, 0.25) is 0 Å². The van der Waals surface area contributed by atoms with Crippen LogP contribution in [0.1, 0.15) is 52.4 Å². The fourth-order valence-electron chi connectivity index (χ4n) is 3.70. The summed E-state index contributed by atoms with van der Waals surface area (Å²) in [7, 11) is 0. The van der Waals surface area contributed by atoms with Gasteiger partial charge in [0.05, 0.1) is 6.61 Å². The Morgan fingerprint density at radius 2 is 2.11 bits per heavy atom. The van der Waals surface area contributed by atoms with Gasteiger partial charge in [0.1, 0.15) is 0 Å². The molecule has 3 unspecified atom stereocenters. The second-order valence-corrected chi connectivity index (χ2v) is 6.19. The average molecular weight is 268 g/mol. The minimum absolute atomic E-state index is 0.625. The first-order chi connectivity index (χ1) is 9.35. The summed E-state index contributed by atoms with van der Waals surface area (Å²) in [6.07, 6.45) is 8.17. The lowest BCUT2D eigenvalue weighted by molar-refractivity contribution is 0.138. The lowest BCUT2D eigenvalue weighted by Crippen LogP contribution is -2.48. The number of nitrogens with zero attached hydrogens (tertiary/aromatic N) is 1. The van der Waals surface area contributed by atoms with Crippen molar-refractivity contribution in [2.75, 3.05) is 32.8 Å². The third-order valence-corrected chi connectivity index (χ3v) is 4.90. The molecule has 2 aliphatic heterocycles. The summed E-state index contributed by atoms with van der Waals surface area (Å²) >= 11 is 0. The van der Waals surface area contributed by atoms with Crippen LogP contribution < -0.4 is 5.32 Å². The van der Waals surface area contributed by atoms with E-state index < -0.39 is 0 Å². The third kappa shape index (κ3) is 4.44. The predicted molar refractivity (Wildman–Crippen MR) is 80.5 cm³/mol. The highest BCUT2D eigenvalue weighted by atomic mass is 16.5. The Kier molecular flexibility index (Phi) is 6.62. The van der Waals surface area contributed by atoms with Gasteiger partial charge < -0.3 is 10.1 Å². The highest BCUT2D eigenvalue weighted by Crippen LogP contribution is 2.23. The molecule has 2 heterocycles. The van der Waals surface area contributed by atoms with E-state index in [4.69, 9.17) is 4.74 Å². The molecule has 0 radical (unpaired) electrons. The third-order valence-electron chi connectivity index (χ3n) is 4.90. The van der Waals surface area contributed by atoms with Crippen molar-refractivity contribution in [1.29, 1.82) is 0 Å². The molecule has 2 rings (SSSR count). The molecule has 1 N–H and O–H groups in total. The van der Waals surface area contributed by atoms with Gasteiger partial charge in [0.25, 0.3) is 0 Å². The van der Waals surface area contributed by atoms with Crippen molar-refractivity contribution in [3.8, 4) is 0 Å². The van der Waals surface area contributed by atoms with E-state index in [2.05, 4.69) is 24.1 Å². The fourth-order valence-corrected chi connectivity index (χ4v) is 3.70. The second kappa shape index (κ2) is 8.23. The molecule has 2 fully saturated rings. The van der Waals surface area contributed by atoms with E-state index in [9.17, 15) is 0 Å². The molecule has 0 aromatic rings. The maximum absolute atomic E-state index is 5.59. The predicted octanol–water partition coefficient (Wildman–Crippen LogP) is 2.66. The van der Waals surface area contributed by atoms with Crippen LogP contribution in [0.5, 0.6) is 0 Å². The lowest BCUT2D eigenvalue weighted by Gasteiger charge is -2.35. The molecule has 0 aliphatic carbocycles. The van der Waals surface area contributed by atoms with Crippen molar-refractivity contribution in [2.45, 2.75) is 64.5 Å². The summed E-state index contributed by atoms with van der Waals surface area (Å²) in [6, 6.07) is 1.44. The van der Waals surface area contributed by atoms with E-state index in [0.29, 0.717) is 6.04 Å². The molecule has 0 saturated carbocycles. The molecule has 0 aromatic heterocycles. The number of rotatable bonds is 6. The van der Waals surface area contributed by atoms with E-state index in [0.717, 1.165) is 31.7 Å². The molecule has 2 saturated heterocycles. The zero-order valence-electron chi connectivity index (χ0n) is 12.9. The smallest absolute Gasteiger partial charge is 0.0510 e. The van der Waals surface area contributed by atoms with E-state index in [1.165, 1.54) is 51.6 Å². The Morgan fingerprint density at radius 3 is 2.79 bits per heavy atom. The number of nitrogens with one attached hydrogen (secondary N) is 1. The molecule has 3 nitrogen and oxygen atoms in total. The molecule has 3 atom stereocenters. The summed E-state index contributed by atoms with van der Waals surface area (Å²) in [5, 5.41) is 3.72. The quantitative estimate of drug-likeness (QED) is 0.801. The van der Waals surface area contributed by atoms with Crippen LogP contribution in [0.25, 0.3) is 0 Å². The van der Waals surface area contributed by atoms with Gasteiger partial charge in [-0.15, -0.1) is 0 Å². The molecule has 0 aromatic carbocycles. The number of hydrogen-bond acceptors (Lipinski definition) is 3. The van der Waals surface area contributed by atoms with Crippen LogP contribution in [0.4, 0.5) is 0 Å². The van der Waals surface area contributed by atoms with Gasteiger partial charge in [0.15, 0.2) is 0 Å². The van der Waals surface area contributed by atoms with Gasteiger partial charge in [-0.3, -0.25) is 4.90 Å². The van der Waals surface area contributed by atoms with Crippen molar-refractivity contribution in [2.24, 2.45) is 5.92 Å². The first kappa shape index (κ1) is 15.3. The lowest BCUT2D eigenvalue weighted by atomic mass is 9.97. The molecule has 0 bridgehead atoms. The van der Waals surface area contributed by atoms with E-state index in [1.54, 1.807) is 0 Å². The summed E-state index contributed by atoms with van der Waals surface area (Å²) in [6.45, 7) is 10.1. The molecule has 2 aliphatic rings. The van der Waals surface area contributed by atoms with Crippen LogP contribution in [-0.4, -0.2) is 49.8 Å². The molecular formula is C16H32N2O. The van der Waals surface area contributed by atoms with Crippen LogP contribution in [0.3, 0.4) is 0 Å². The summed E-state index contributed by atoms with van der Waals surface area (Å²) in [5.41, 5.74) is 0. The van der Waals surface area contributed by atoms with Gasteiger partial charge in [0.2, 0.25) is 0 Å². The van der Waals surface area contributed by atoms with Crippen molar-refractivity contribution < 1.29 is 4.74 Å². The number of likely N-dealkylation sites (N-methyl/N-ethyl adjacent to an activating group) is 1. The highest BCUT2D eigenvalue weighted by Gasteiger charge is 2.29. The molecule has 112 valence electrons. The van der Waals surface area contributed by atoms with Crippen LogP contribution >= 0.6 is 0 Å². The Bertz CT molecular complexity index is 241. The fraction of sp³-hybridized carbons (Fsp3) is 1.00. The zero-order valence-corrected chi connectivity index (χ0v) is 12.9. The summed E-state index contributed by atoms with van der Waals surface area (Å²) in [4.78, 5) is 2.76. The van der Waals surface area contributed by atoms with Crippen LogP contribution in [-0.2, 0) is 4.74 Å². The maximum Gasteiger partial charge on any atom is 0.0510 e. The molecular weight excluding hydrogens is 236 g/mol. The average Bonchev–Trinajstić information content (AvgIpc) is 2.86. The van der Waals surface area contributed by atoms with Crippen LogP contribution in [0.15, 0.2) is 0 Å². The van der Waals surface area contributed by atoms with Crippen molar-refractivity contribution in [3.63, 3.8) is 0 Å². The molecule has 19 heavy (non-hydrogen) atoms. The van der Waals surface area contributed by atoms with Crippen molar-refractivity contribution in [3.05, 3.63) is 0 Å². The Morgan fingerprint density at radius 1 is 1.21 bits per heavy atom. The van der Waals surface area contributed by atoms with E-state index in [-0.39, 0.29) is 0 Å². The van der Waals surface area contributed by atoms with Gasteiger partial charge in [-0.2, -0.15) is 0 Å². The van der Waals surface area contributed by atoms with Gasteiger partial charge in [-0.05, 0) is 38.8 Å². The largest absolute Gasteiger partial charge is 0.381 e. The molecule has 0 spiro atoms. The summed E-state index contributed by atoms with van der Waals surface area (Å²) in [5.74, 6) is 0.723. The Labute approximate surface area is 119 Å². The van der Waals surface area contributed by atoms with Crippen molar-refractivity contribution in [1.82, 2.24) is 10.2 Å². The SMILES string of the molecule is CCNC(CN1CCCCCC1CC)C1CCOC1. The van der Waals surface area contributed by atoms with Gasteiger partial charge >= 0.3 is 0 Å². The number of hydrogen-bond donors (Lipinski definition) is 1. The standard InChI is InChI=1S/C16H32N2O/c1-3-15-8-6-5-7-10-18(15)12-16(17-4-2)14-9-11-19-13-14/h14-17H,3-13H2,1-2H3. The summed E-state index contributed by atoms with van der Waals surface area (Å²) < 4.78 is 5.59. The first-order valence-corrected chi connectivity index (χ1v) is 8.40. The minimum Gasteiger partial charge on any atom is -0.381 e. The topological polar surface area (TPSA) is 24.5 Å². The zero-order chi connectivity index (χ0) is 13.5. The van der Waals surface area contributed by atoms with Gasteiger partial charge in [-0.25, -0.2) is 0 Å². The first-order valence-electron chi connectivity index (χ1n) is 8.40. The number of likely N-dealkylation sites (tertiary alicyclic amines) is 1. The van der Waals surface area contributed by atoms with Gasteiger partial charge in [0, 0.05) is 31.2 Å². The normalized spacial score (nSPS) is 31.3. The Balaban J connectivity index is 1.92. The molecule has 0 amide bonds. The monoisotopic (exact) mass is 268 g/mol.